The number of aromatic nitrogens is 4. The number of ether oxygens (including phenoxy) is 1. The van der Waals surface area contributed by atoms with E-state index in [2.05, 4.69) is 29.4 Å². The first-order valence-electron chi connectivity index (χ1n) is 9.30. The van der Waals surface area contributed by atoms with Crippen LogP contribution in [0.3, 0.4) is 0 Å². The third-order valence-electron chi connectivity index (χ3n) is 4.80. The topological polar surface area (TPSA) is 73.1 Å². The molecule has 3 atom stereocenters. The maximum absolute atomic E-state index is 12.9. The van der Waals surface area contributed by atoms with Crippen LogP contribution in [0.4, 0.5) is 0 Å². The van der Waals surface area contributed by atoms with Gasteiger partial charge in [0.1, 0.15) is 5.75 Å². The van der Waals surface area contributed by atoms with Crippen molar-refractivity contribution in [3.8, 4) is 5.75 Å². The summed E-state index contributed by atoms with van der Waals surface area (Å²) < 4.78 is 6.92. The molecule has 1 fully saturated rings. The molecule has 0 unspecified atom stereocenters. The summed E-state index contributed by atoms with van der Waals surface area (Å²) in [4.78, 5) is 14.9. The van der Waals surface area contributed by atoms with E-state index in [0.29, 0.717) is 23.5 Å². The Balaban J connectivity index is 1.63. The second kappa shape index (κ2) is 8.73. The van der Waals surface area contributed by atoms with Crippen molar-refractivity contribution in [2.45, 2.75) is 44.1 Å². The number of methoxy groups -OCH3 is 1. The van der Waals surface area contributed by atoms with E-state index in [1.165, 1.54) is 18.2 Å². The van der Waals surface area contributed by atoms with Gasteiger partial charge in [0.2, 0.25) is 11.1 Å². The third kappa shape index (κ3) is 5.00. The largest absolute Gasteiger partial charge is 0.497 e. The Morgan fingerprint density at radius 2 is 1.93 bits per heavy atom. The number of likely N-dealkylation sites (tertiary alicyclic amines) is 1. The fourth-order valence-corrected chi connectivity index (χ4v) is 4.46. The molecule has 1 aliphatic rings. The van der Waals surface area contributed by atoms with E-state index in [4.69, 9.17) is 4.74 Å². The SMILES string of the molecule is COc1ccc(Cn2nnnc2S[C@H](C)C(=O)N2C[C@@H](C)C[C@H](C)C2)cc1. The normalized spacial score (nSPS) is 21.1. The number of amides is 1. The van der Waals surface area contributed by atoms with Crippen LogP contribution in [0.1, 0.15) is 32.8 Å². The number of tetrazole rings is 1. The van der Waals surface area contributed by atoms with Crippen molar-refractivity contribution in [1.82, 2.24) is 25.1 Å². The van der Waals surface area contributed by atoms with Crippen LogP contribution in [-0.4, -0.2) is 56.5 Å². The summed E-state index contributed by atoms with van der Waals surface area (Å²) in [5, 5.41) is 12.4. The molecule has 1 aromatic carbocycles. The fourth-order valence-electron chi connectivity index (χ4n) is 3.59. The first kappa shape index (κ1) is 19.7. The third-order valence-corrected chi connectivity index (χ3v) is 5.86. The van der Waals surface area contributed by atoms with Crippen LogP contribution in [0, 0.1) is 11.8 Å². The van der Waals surface area contributed by atoms with Gasteiger partial charge in [0.05, 0.1) is 18.9 Å². The highest BCUT2D eigenvalue weighted by molar-refractivity contribution is 8.00. The summed E-state index contributed by atoms with van der Waals surface area (Å²) in [6.45, 7) is 8.59. The maximum Gasteiger partial charge on any atom is 0.235 e. The van der Waals surface area contributed by atoms with Crippen molar-refractivity contribution in [1.29, 1.82) is 0 Å². The second-order valence-electron chi connectivity index (χ2n) is 7.42. The smallest absolute Gasteiger partial charge is 0.235 e. The van der Waals surface area contributed by atoms with Crippen LogP contribution in [-0.2, 0) is 11.3 Å². The lowest BCUT2D eigenvalue weighted by atomic mass is 9.92. The molecule has 1 aliphatic heterocycles. The lowest BCUT2D eigenvalue weighted by Crippen LogP contribution is -2.45. The van der Waals surface area contributed by atoms with Gasteiger partial charge in [0.15, 0.2) is 0 Å². The molecule has 7 nitrogen and oxygen atoms in total. The summed E-state index contributed by atoms with van der Waals surface area (Å²) in [6.07, 6.45) is 1.19. The Morgan fingerprint density at radius 1 is 1.26 bits per heavy atom. The molecule has 146 valence electrons. The zero-order valence-corrected chi connectivity index (χ0v) is 17.1. The van der Waals surface area contributed by atoms with Gasteiger partial charge < -0.3 is 9.64 Å². The van der Waals surface area contributed by atoms with Gasteiger partial charge in [0.25, 0.3) is 0 Å². The molecule has 3 rings (SSSR count). The Hall–Kier alpha value is -2.09. The summed E-state index contributed by atoms with van der Waals surface area (Å²) in [5.74, 6) is 2.08. The lowest BCUT2D eigenvalue weighted by Gasteiger charge is -2.36. The Labute approximate surface area is 164 Å². The molecule has 8 heteroatoms. The van der Waals surface area contributed by atoms with E-state index in [1.54, 1.807) is 11.8 Å². The summed E-state index contributed by atoms with van der Waals surface area (Å²) in [7, 11) is 1.65. The van der Waals surface area contributed by atoms with Crippen molar-refractivity contribution < 1.29 is 9.53 Å². The van der Waals surface area contributed by atoms with Gasteiger partial charge >= 0.3 is 0 Å². The molecule has 0 spiro atoms. The lowest BCUT2D eigenvalue weighted by molar-refractivity contribution is -0.132. The molecule has 0 aliphatic carbocycles. The number of hydrogen-bond donors (Lipinski definition) is 0. The van der Waals surface area contributed by atoms with Crippen molar-refractivity contribution in [2.75, 3.05) is 20.2 Å². The van der Waals surface area contributed by atoms with Gasteiger partial charge in [-0.3, -0.25) is 4.79 Å². The van der Waals surface area contributed by atoms with E-state index < -0.39 is 0 Å². The van der Waals surface area contributed by atoms with Crippen LogP contribution in [0.25, 0.3) is 0 Å². The number of thioether (sulfide) groups is 1. The molecule has 0 radical (unpaired) electrons. The summed E-state index contributed by atoms with van der Waals surface area (Å²) in [6, 6.07) is 7.80. The van der Waals surface area contributed by atoms with E-state index in [0.717, 1.165) is 24.4 Å². The average Bonchev–Trinajstić information content (AvgIpc) is 3.07. The van der Waals surface area contributed by atoms with Crippen molar-refractivity contribution >= 4 is 17.7 Å². The summed E-state index contributed by atoms with van der Waals surface area (Å²) >= 11 is 1.42. The second-order valence-corrected chi connectivity index (χ2v) is 8.72. The predicted octanol–water partition coefficient (Wildman–Crippen LogP) is 2.72. The molecule has 0 N–H and O–H groups in total. The van der Waals surface area contributed by atoms with Crippen LogP contribution in [0.15, 0.2) is 29.4 Å². The van der Waals surface area contributed by atoms with Gasteiger partial charge in [-0.05, 0) is 53.3 Å². The van der Waals surface area contributed by atoms with Gasteiger partial charge in [-0.25, -0.2) is 4.68 Å². The Morgan fingerprint density at radius 3 is 2.56 bits per heavy atom. The van der Waals surface area contributed by atoms with Crippen molar-refractivity contribution in [2.24, 2.45) is 11.8 Å². The first-order valence-corrected chi connectivity index (χ1v) is 10.2. The molecule has 1 saturated heterocycles. The fraction of sp³-hybridized carbons (Fsp3) is 0.579. The van der Waals surface area contributed by atoms with Crippen LogP contribution < -0.4 is 4.74 Å². The molecule has 0 saturated carbocycles. The minimum Gasteiger partial charge on any atom is -0.497 e. The highest BCUT2D eigenvalue weighted by Crippen LogP contribution is 2.26. The van der Waals surface area contributed by atoms with Gasteiger partial charge in [-0.1, -0.05) is 37.7 Å². The van der Waals surface area contributed by atoms with Crippen molar-refractivity contribution in [3.05, 3.63) is 29.8 Å². The quantitative estimate of drug-likeness (QED) is 0.708. The molecular weight excluding hydrogens is 362 g/mol. The average molecular weight is 390 g/mol. The first-order chi connectivity index (χ1) is 13.0. The highest BCUT2D eigenvalue weighted by Gasteiger charge is 2.29. The minimum absolute atomic E-state index is 0.164. The molecule has 2 aromatic rings. The van der Waals surface area contributed by atoms with E-state index >= 15 is 0 Å². The standard InChI is InChI=1S/C19H27N5O2S/c1-13-9-14(2)11-23(10-13)18(25)15(3)27-19-20-21-22-24(19)12-16-5-7-17(26-4)8-6-16/h5-8,13-15H,9-12H2,1-4H3/t13-,14-,15+/m0/s1. The number of carbonyl (C=O) groups excluding carboxylic acids is 1. The number of nitrogens with zero attached hydrogens (tertiary/aromatic N) is 5. The van der Waals surface area contributed by atoms with E-state index in [9.17, 15) is 4.79 Å². The monoisotopic (exact) mass is 389 g/mol. The zero-order chi connectivity index (χ0) is 19.4. The summed E-state index contributed by atoms with van der Waals surface area (Å²) in [5.41, 5.74) is 1.07. The minimum atomic E-state index is -0.219. The van der Waals surface area contributed by atoms with E-state index in [1.807, 2.05) is 36.1 Å². The number of rotatable bonds is 6. The molecule has 27 heavy (non-hydrogen) atoms. The molecular formula is C19H27N5O2S. The molecule has 2 heterocycles. The van der Waals surface area contributed by atoms with Crippen LogP contribution in [0.2, 0.25) is 0 Å². The van der Waals surface area contributed by atoms with Gasteiger partial charge in [-0.15, -0.1) is 5.10 Å². The predicted molar refractivity (Wildman–Crippen MR) is 105 cm³/mol. The molecule has 1 amide bonds. The Bertz CT molecular complexity index is 754. The zero-order valence-electron chi connectivity index (χ0n) is 16.3. The highest BCUT2D eigenvalue weighted by atomic mass is 32.2. The molecule has 0 bridgehead atoms. The maximum atomic E-state index is 12.9. The number of carbonyl (C=O) groups is 1. The van der Waals surface area contributed by atoms with Gasteiger partial charge in [0, 0.05) is 13.1 Å². The number of piperidine rings is 1. The van der Waals surface area contributed by atoms with Gasteiger partial charge in [-0.2, -0.15) is 0 Å². The number of benzene rings is 1. The number of hydrogen-bond acceptors (Lipinski definition) is 6. The van der Waals surface area contributed by atoms with Crippen LogP contribution in [0.5, 0.6) is 5.75 Å². The van der Waals surface area contributed by atoms with E-state index in [-0.39, 0.29) is 11.2 Å². The van der Waals surface area contributed by atoms with Crippen molar-refractivity contribution in [3.63, 3.8) is 0 Å². The molecule has 1 aromatic heterocycles. The van der Waals surface area contributed by atoms with Crippen LogP contribution >= 0.6 is 11.8 Å². The Kier molecular flexibility index (Phi) is 6.36.